The quantitative estimate of drug-likeness (QED) is 0.432. The van der Waals surface area contributed by atoms with Crippen LogP contribution in [0.25, 0.3) is 5.82 Å². The van der Waals surface area contributed by atoms with Crippen LogP contribution in [-0.2, 0) is 6.67 Å². The van der Waals surface area contributed by atoms with E-state index >= 15 is 0 Å². The average Bonchev–Trinajstić information content (AvgIpc) is 3.14. The molecule has 2 heterocycles. The summed E-state index contributed by atoms with van der Waals surface area (Å²) in [5, 5.41) is 9.99. The number of aryl methyl sites for hydroxylation is 1. The Labute approximate surface area is 197 Å². The smallest absolute Gasteiger partial charge is 0.274 e. The first-order chi connectivity index (χ1) is 14.7. The average molecular weight is 556 g/mol. The minimum absolute atomic E-state index is 0.0430. The molecular formula is C21H20ClFIN5O2. The fourth-order valence-corrected chi connectivity index (χ4v) is 3.94. The van der Waals surface area contributed by atoms with Gasteiger partial charge in [0.25, 0.3) is 11.8 Å². The third-order valence-corrected chi connectivity index (χ3v) is 5.19. The fraction of sp³-hybridized carbons (Fsp3) is 0.238. The van der Waals surface area contributed by atoms with Crippen LogP contribution in [0.15, 0.2) is 36.5 Å². The fourth-order valence-electron chi connectivity index (χ4n) is 2.96. The van der Waals surface area contributed by atoms with Crippen molar-refractivity contribution < 1.29 is 14.0 Å². The standard InChI is InChI=1S/C21H20ClFIN5O2/c1-11(2)26-20(30)15-8-13(24)7-12(3)18(15)27-21(31)17-9-14(10-23)28-29(17)19-16(22)5-4-6-25-19/h4-9,11H,10H2,1-3H3,(H,26,30)(H,27,31). The SMILES string of the molecule is Cc1cc(I)cc(C(=O)NC(C)C)c1NC(=O)c1cc(CF)nn1-c1ncccc1Cl. The van der Waals surface area contributed by atoms with Crippen LogP contribution >= 0.6 is 34.2 Å². The molecule has 0 unspecified atom stereocenters. The molecule has 0 fully saturated rings. The number of alkyl halides is 1. The Hall–Kier alpha value is -2.53. The van der Waals surface area contributed by atoms with Crippen molar-refractivity contribution in [2.45, 2.75) is 33.5 Å². The van der Waals surface area contributed by atoms with Crippen LogP contribution in [0.5, 0.6) is 0 Å². The Morgan fingerprint density at radius 1 is 1.26 bits per heavy atom. The van der Waals surface area contributed by atoms with E-state index in [1.165, 1.54) is 16.9 Å². The van der Waals surface area contributed by atoms with Crippen molar-refractivity contribution in [3.05, 3.63) is 67.6 Å². The van der Waals surface area contributed by atoms with Gasteiger partial charge >= 0.3 is 0 Å². The van der Waals surface area contributed by atoms with E-state index < -0.39 is 12.6 Å². The number of hydrogen-bond donors (Lipinski definition) is 2. The highest BCUT2D eigenvalue weighted by Crippen LogP contribution is 2.26. The summed E-state index contributed by atoms with van der Waals surface area (Å²) in [6.45, 7) is 4.64. The zero-order valence-electron chi connectivity index (χ0n) is 17.0. The molecule has 10 heteroatoms. The Kier molecular flexibility index (Phi) is 7.26. The van der Waals surface area contributed by atoms with E-state index in [1.54, 1.807) is 25.1 Å². The predicted molar refractivity (Wildman–Crippen MR) is 126 cm³/mol. The Balaban J connectivity index is 2.04. The van der Waals surface area contributed by atoms with Crippen molar-refractivity contribution in [3.8, 4) is 5.82 Å². The number of pyridine rings is 1. The van der Waals surface area contributed by atoms with E-state index in [4.69, 9.17) is 11.6 Å². The van der Waals surface area contributed by atoms with E-state index in [1.807, 2.05) is 19.9 Å². The molecule has 2 aromatic heterocycles. The second-order valence-electron chi connectivity index (χ2n) is 7.10. The molecule has 31 heavy (non-hydrogen) atoms. The summed E-state index contributed by atoms with van der Waals surface area (Å²) < 4.78 is 15.4. The lowest BCUT2D eigenvalue weighted by molar-refractivity contribution is 0.0944. The normalized spacial score (nSPS) is 10.9. The molecule has 0 atom stereocenters. The minimum atomic E-state index is -0.859. The molecule has 0 saturated heterocycles. The second-order valence-corrected chi connectivity index (χ2v) is 8.76. The van der Waals surface area contributed by atoms with Gasteiger partial charge in [-0.25, -0.2) is 14.1 Å². The number of carbonyl (C=O) groups is 2. The summed E-state index contributed by atoms with van der Waals surface area (Å²) in [5.74, 6) is -0.680. The summed E-state index contributed by atoms with van der Waals surface area (Å²) >= 11 is 8.32. The molecule has 2 N–H and O–H groups in total. The maximum atomic E-state index is 13.3. The molecule has 3 rings (SSSR count). The summed E-state index contributed by atoms with van der Waals surface area (Å²) in [7, 11) is 0. The Morgan fingerprint density at radius 2 is 2.00 bits per heavy atom. The van der Waals surface area contributed by atoms with Gasteiger partial charge in [-0.1, -0.05) is 11.6 Å². The second kappa shape index (κ2) is 9.73. The first-order valence-electron chi connectivity index (χ1n) is 9.39. The molecule has 2 amide bonds. The van der Waals surface area contributed by atoms with Crippen LogP contribution < -0.4 is 10.6 Å². The summed E-state index contributed by atoms with van der Waals surface area (Å²) in [6.07, 6.45) is 1.50. The molecule has 0 radical (unpaired) electrons. The Morgan fingerprint density at radius 3 is 2.65 bits per heavy atom. The summed E-state index contributed by atoms with van der Waals surface area (Å²) in [6, 6.07) is 8.04. The van der Waals surface area contributed by atoms with Crippen LogP contribution in [-0.4, -0.2) is 32.6 Å². The molecule has 3 aromatic rings. The highest BCUT2D eigenvalue weighted by atomic mass is 127. The van der Waals surface area contributed by atoms with Crippen molar-refractivity contribution in [3.63, 3.8) is 0 Å². The molecule has 7 nitrogen and oxygen atoms in total. The number of nitrogens with one attached hydrogen (secondary N) is 2. The van der Waals surface area contributed by atoms with E-state index in [2.05, 4.69) is 43.3 Å². The molecular weight excluding hydrogens is 536 g/mol. The molecule has 1 aromatic carbocycles. The van der Waals surface area contributed by atoms with Crippen LogP contribution in [0.1, 0.15) is 46.0 Å². The third-order valence-electron chi connectivity index (χ3n) is 4.27. The zero-order valence-corrected chi connectivity index (χ0v) is 20.0. The summed E-state index contributed by atoms with van der Waals surface area (Å²) in [5.41, 5.74) is 1.51. The molecule has 162 valence electrons. The molecule has 0 bridgehead atoms. The zero-order chi connectivity index (χ0) is 22.7. The number of benzene rings is 1. The summed E-state index contributed by atoms with van der Waals surface area (Å²) in [4.78, 5) is 30.1. The minimum Gasteiger partial charge on any atom is -0.350 e. The monoisotopic (exact) mass is 555 g/mol. The van der Waals surface area contributed by atoms with Crippen LogP contribution in [0, 0.1) is 10.5 Å². The van der Waals surface area contributed by atoms with Gasteiger partial charge < -0.3 is 10.6 Å². The number of nitrogens with zero attached hydrogens (tertiary/aromatic N) is 3. The molecule has 0 saturated carbocycles. The van der Waals surface area contributed by atoms with Crippen molar-refractivity contribution >= 4 is 51.7 Å². The maximum Gasteiger partial charge on any atom is 0.274 e. The van der Waals surface area contributed by atoms with Crippen molar-refractivity contribution in [1.82, 2.24) is 20.1 Å². The van der Waals surface area contributed by atoms with E-state index in [0.717, 1.165) is 3.57 Å². The molecule has 0 aliphatic heterocycles. The van der Waals surface area contributed by atoms with Gasteiger partial charge in [0.15, 0.2) is 5.82 Å². The highest BCUT2D eigenvalue weighted by molar-refractivity contribution is 14.1. The number of amides is 2. The van der Waals surface area contributed by atoms with Crippen molar-refractivity contribution in [1.29, 1.82) is 0 Å². The first kappa shape index (κ1) is 23.1. The number of hydrogen-bond acceptors (Lipinski definition) is 4. The van der Waals surface area contributed by atoms with Gasteiger partial charge in [0.2, 0.25) is 0 Å². The number of rotatable bonds is 6. The van der Waals surface area contributed by atoms with Gasteiger partial charge in [-0.3, -0.25) is 9.59 Å². The van der Waals surface area contributed by atoms with Gasteiger partial charge in [0.1, 0.15) is 12.4 Å². The predicted octanol–water partition coefficient (Wildman–Crippen LogP) is 4.69. The maximum absolute atomic E-state index is 13.3. The third kappa shape index (κ3) is 5.21. The van der Waals surface area contributed by atoms with Gasteiger partial charge in [-0.05, 0) is 79.3 Å². The lowest BCUT2D eigenvalue weighted by Gasteiger charge is -2.16. The number of aromatic nitrogens is 3. The lowest BCUT2D eigenvalue weighted by Crippen LogP contribution is -2.31. The number of carbonyl (C=O) groups excluding carboxylic acids is 2. The Bertz CT molecular complexity index is 1150. The van der Waals surface area contributed by atoms with Gasteiger partial charge in [-0.15, -0.1) is 0 Å². The van der Waals surface area contributed by atoms with Crippen molar-refractivity contribution in [2.24, 2.45) is 0 Å². The van der Waals surface area contributed by atoms with Gasteiger partial charge in [0.05, 0.1) is 22.0 Å². The molecule has 0 aliphatic rings. The van der Waals surface area contributed by atoms with E-state index in [-0.39, 0.29) is 34.2 Å². The number of halogens is 3. The van der Waals surface area contributed by atoms with Gasteiger partial charge in [0, 0.05) is 15.8 Å². The lowest BCUT2D eigenvalue weighted by atomic mass is 10.1. The first-order valence-corrected chi connectivity index (χ1v) is 10.8. The molecule has 0 spiro atoms. The topological polar surface area (TPSA) is 88.9 Å². The number of anilines is 1. The van der Waals surface area contributed by atoms with E-state index in [0.29, 0.717) is 16.8 Å². The van der Waals surface area contributed by atoms with Crippen LogP contribution in [0.3, 0.4) is 0 Å². The van der Waals surface area contributed by atoms with Crippen LogP contribution in [0.2, 0.25) is 5.02 Å². The van der Waals surface area contributed by atoms with Crippen LogP contribution in [0.4, 0.5) is 10.1 Å². The molecule has 0 aliphatic carbocycles. The largest absolute Gasteiger partial charge is 0.350 e. The van der Waals surface area contributed by atoms with E-state index in [9.17, 15) is 14.0 Å². The highest BCUT2D eigenvalue weighted by Gasteiger charge is 2.23. The van der Waals surface area contributed by atoms with Gasteiger partial charge in [-0.2, -0.15) is 5.10 Å². The van der Waals surface area contributed by atoms with Crippen molar-refractivity contribution in [2.75, 3.05) is 5.32 Å².